The monoisotopic (exact) mass is 180 g/mol. The zero-order valence-electron chi connectivity index (χ0n) is 5.52. The maximum atomic E-state index is 10.2. The molecule has 0 amide bonds. The van der Waals surface area contributed by atoms with Gasteiger partial charge in [0.1, 0.15) is 0 Å². The van der Waals surface area contributed by atoms with Gasteiger partial charge in [0.2, 0.25) is 5.75 Å². The van der Waals surface area contributed by atoms with Crippen LogP contribution in [0.5, 0.6) is 5.75 Å². The summed E-state index contributed by atoms with van der Waals surface area (Å²) < 4.78 is 0. The quantitative estimate of drug-likeness (QED) is 0.209. The van der Waals surface area contributed by atoms with E-state index in [9.17, 15) is 10.1 Å². The zero-order valence-corrected chi connectivity index (χ0v) is 5.52. The topological polar surface area (TPSA) is 89.4 Å². The molecule has 0 aliphatic heterocycles. The van der Waals surface area contributed by atoms with E-state index in [1.807, 2.05) is 0 Å². The molecule has 6 heteroatoms. The van der Waals surface area contributed by atoms with Gasteiger partial charge in [-0.2, -0.15) is 0 Å². The van der Waals surface area contributed by atoms with Crippen molar-refractivity contribution in [3.8, 4) is 5.75 Å². The summed E-state index contributed by atoms with van der Waals surface area (Å²) in [5.41, 5.74) is 4.85. The minimum absolute atomic E-state index is 0. The van der Waals surface area contributed by atoms with Crippen molar-refractivity contribution in [1.82, 2.24) is 0 Å². The maximum absolute atomic E-state index is 10.2. The van der Waals surface area contributed by atoms with Gasteiger partial charge < -0.3 is 10.8 Å². The Hall–Kier alpha value is -1.01. The van der Waals surface area contributed by atoms with Gasteiger partial charge in [0.15, 0.2) is 0 Å². The molecule has 0 aromatic heterocycles. The third kappa shape index (κ3) is 1.99. The molecule has 0 unspecified atom stereocenters. The number of phenols is 1. The first-order chi connectivity index (χ1) is 5.13. The summed E-state index contributed by atoms with van der Waals surface area (Å²) in [7, 11) is 0. The number of hydrogen-bond donors (Lipinski definition) is 2. The average Bonchev–Trinajstić information content (AvgIpc) is 1.94. The Morgan fingerprint density at radius 1 is 1.50 bits per heavy atom. The molecule has 0 heterocycles. The van der Waals surface area contributed by atoms with Crippen molar-refractivity contribution in [3.63, 3.8) is 0 Å². The third-order valence-corrected chi connectivity index (χ3v) is 1.24. The largest absolute Gasteiger partial charge is 0.501 e. The number of para-hydroxylation sites is 1. The predicted molar refractivity (Wildman–Crippen MR) is 47.7 cm³/mol. The SMILES string of the molecule is Nc1cccc([N+](=O)[O-])c1O.[MgH2]. The highest BCUT2D eigenvalue weighted by molar-refractivity contribution is 5.75. The standard InChI is InChI=1S/C6H6N2O3.Mg.2H/c7-4-2-1-3-5(6(4)9)8(10)11;;;/h1-3,9H,7H2;;;. The van der Waals surface area contributed by atoms with E-state index in [1.54, 1.807) is 0 Å². The first-order valence-corrected chi connectivity index (χ1v) is 2.85. The van der Waals surface area contributed by atoms with Crippen molar-refractivity contribution in [2.45, 2.75) is 0 Å². The molecule has 1 aromatic carbocycles. The lowest BCUT2D eigenvalue weighted by molar-refractivity contribution is -0.385. The number of nitrogens with zero attached hydrogens (tertiary/aromatic N) is 1. The molecule has 62 valence electrons. The highest BCUT2D eigenvalue weighted by atomic mass is 24.3. The molecule has 0 saturated heterocycles. The predicted octanol–water partition coefficient (Wildman–Crippen LogP) is -0.0336. The van der Waals surface area contributed by atoms with Gasteiger partial charge in [-0.15, -0.1) is 0 Å². The summed E-state index contributed by atoms with van der Waals surface area (Å²) in [5, 5.41) is 19.2. The lowest BCUT2D eigenvalue weighted by Gasteiger charge is -1.97. The molecule has 0 saturated carbocycles. The highest BCUT2D eigenvalue weighted by Gasteiger charge is 2.13. The number of anilines is 1. The van der Waals surface area contributed by atoms with Gasteiger partial charge in [-0.05, 0) is 6.07 Å². The van der Waals surface area contributed by atoms with E-state index >= 15 is 0 Å². The number of nitrogen functional groups attached to an aromatic ring is 1. The number of nitro groups is 1. The Kier molecular flexibility index (Phi) is 3.77. The second kappa shape index (κ2) is 4.12. The van der Waals surface area contributed by atoms with Crippen LogP contribution in [-0.4, -0.2) is 33.1 Å². The number of hydrogen-bond acceptors (Lipinski definition) is 4. The van der Waals surface area contributed by atoms with Gasteiger partial charge in [-0.1, -0.05) is 6.07 Å². The smallest absolute Gasteiger partial charge is 0.316 e. The summed E-state index contributed by atoms with van der Waals surface area (Å²) in [6, 6.07) is 3.99. The first kappa shape index (κ1) is 11.0. The molecule has 0 spiro atoms. The van der Waals surface area contributed by atoms with Crippen LogP contribution in [0.3, 0.4) is 0 Å². The highest BCUT2D eigenvalue weighted by Crippen LogP contribution is 2.30. The summed E-state index contributed by atoms with van der Waals surface area (Å²) in [5.74, 6) is -0.475. The molecule has 12 heavy (non-hydrogen) atoms. The van der Waals surface area contributed by atoms with Crippen LogP contribution >= 0.6 is 0 Å². The fraction of sp³-hybridized carbons (Fsp3) is 0. The van der Waals surface area contributed by atoms with Gasteiger partial charge in [-0.3, -0.25) is 10.1 Å². The van der Waals surface area contributed by atoms with E-state index in [1.165, 1.54) is 18.2 Å². The van der Waals surface area contributed by atoms with Crippen LogP contribution in [0.4, 0.5) is 11.4 Å². The van der Waals surface area contributed by atoms with Crippen molar-refractivity contribution < 1.29 is 10.0 Å². The van der Waals surface area contributed by atoms with Crippen LogP contribution in [0.25, 0.3) is 0 Å². The van der Waals surface area contributed by atoms with Crippen molar-refractivity contribution in [2.75, 3.05) is 5.73 Å². The number of nitro benzene ring substituents is 1. The minimum atomic E-state index is -0.689. The molecule has 0 aliphatic rings. The van der Waals surface area contributed by atoms with Crippen molar-refractivity contribution in [3.05, 3.63) is 28.3 Å². The Labute approximate surface area is 84.5 Å². The van der Waals surface area contributed by atoms with Crippen LogP contribution in [0.2, 0.25) is 0 Å². The second-order valence-corrected chi connectivity index (χ2v) is 1.97. The summed E-state index contributed by atoms with van der Waals surface area (Å²) in [4.78, 5) is 9.48. The molecule has 0 aliphatic carbocycles. The van der Waals surface area contributed by atoms with E-state index in [4.69, 9.17) is 10.8 Å². The zero-order chi connectivity index (χ0) is 8.43. The number of rotatable bonds is 1. The van der Waals surface area contributed by atoms with Gasteiger partial charge >= 0.3 is 28.7 Å². The average molecular weight is 180 g/mol. The number of aromatic hydroxyl groups is 1. The maximum Gasteiger partial charge on any atom is 0.316 e. The second-order valence-electron chi connectivity index (χ2n) is 1.97. The molecule has 5 nitrogen and oxygen atoms in total. The van der Waals surface area contributed by atoms with Crippen LogP contribution < -0.4 is 5.73 Å². The minimum Gasteiger partial charge on any atom is -0.501 e. The Balaban J connectivity index is 0.00000121. The molecule has 0 bridgehead atoms. The van der Waals surface area contributed by atoms with Crippen LogP contribution in [-0.2, 0) is 0 Å². The fourth-order valence-corrected chi connectivity index (χ4v) is 0.696. The molecule has 0 atom stereocenters. The third-order valence-electron chi connectivity index (χ3n) is 1.24. The molecule has 1 aromatic rings. The van der Waals surface area contributed by atoms with Crippen LogP contribution in [0, 0.1) is 10.1 Å². The van der Waals surface area contributed by atoms with Crippen molar-refractivity contribution in [2.24, 2.45) is 0 Å². The van der Waals surface area contributed by atoms with E-state index in [2.05, 4.69) is 0 Å². The van der Waals surface area contributed by atoms with Gasteiger partial charge in [0.25, 0.3) is 0 Å². The van der Waals surface area contributed by atoms with E-state index in [0.29, 0.717) is 0 Å². The lowest BCUT2D eigenvalue weighted by Crippen LogP contribution is -1.91. The molecule has 0 radical (unpaired) electrons. The molecule has 3 N–H and O–H groups in total. The molecule has 0 fully saturated rings. The van der Waals surface area contributed by atoms with E-state index < -0.39 is 10.7 Å². The van der Waals surface area contributed by atoms with Gasteiger partial charge in [0, 0.05) is 6.07 Å². The molecular weight excluding hydrogens is 172 g/mol. The van der Waals surface area contributed by atoms with E-state index in [-0.39, 0.29) is 34.4 Å². The number of benzene rings is 1. The Morgan fingerprint density at radius 2 is 2.08 bits per heavy atom. The summed E-state index contributed by atoms with van der Waals surface area (Å²) in [6.45, 7) is 0. The molecular formula is C6H8MgN2O3. The number of nitrogens with two attached hydrogens (primary N) is 1. The normalized spacial score (nSPS) is 8.67. The summed E-state index contributed by atoms with van der Waals surface area (Å²) in [6.07, 6.45) is 0. The lowest BCUT2D eigenvalue weighted by atomic mass is 10.2. The summed E-state index contributed by atoms with van der Waals surface area (Å²) >= 11 is 0. The van der Waals surface area contributed by atoms with E-state index in [0.717, 1.165) is 0 Å². The van der Waals surface area contributed by atoms with Crippen molar-refractivity contribution >= 4 is 34.4 Å². The van der Waals surface area contributed by atoms with Crippen LogP contribution in [0.15, 0.2) is 18.2 Å². The fourth-order valence-electron chi connectivity index (χ4n) is 0.696. The van der Waals surface area contributed by atoms with Crippen LogP contribution in [0.1, 0.15) is 0 Å². The first-order valence-electron chi connectivity index (χ1n) is 2.85. The Morgan fingerprint density at radius 3 is 2.50 bits per heavy atom. The number of phenolic OH excluding ortho intramolecular Hbond substituents is 1. The molecule has 1 rings (SSSR count). The van der Waals surface area contributed by atoms with Crippen molar-refractivity contribution in [1.29, 1.82) is 0 Å². The van der Waals surface area contributed by atoms with Gasteiger partial charge in [0.05, 0.1) is 10.6 Å². The van der Waals surface area contributed by atoms with Gasteiger partial charge in [-0.25, -0.2) is 0 Å². The Bertz CT molecular complexity index is 303.